The Morgan fingerprint density at radius 1 is 1.20 bits per heavy atom. The number of thioether (sulfide) groups is 1. The van der Waals surface area contributed by atoms with Gasteiger partial charge in [0.1, 0.15) is 5.82 Å². The number of benzene rings is 1. The van der Waals surface area contributed by atoms with E-state index in [-0.39, 0.29) is 22.9 Å². The van der Waals surface area contributed by atoms with Gasteiger partial charge in [0, 0.05) is 7.05 Å². The first-order valence-electron chi connectivity index (χ1n) is 7.28. The zero-order valence-corrected chi connectivity index (χ0v) is 14.5. The standard InChI is InChI=1S/C15H16F4N4OS/c1-8(10-4-6-11(16)7-5-10)20-12(24)9(2)25-14-22-21-13(23(14)3)15(17,18)19/h4-9H,1-3H3,(H,20,24)/t8-,9-/m1/s1. The molecule has 2 atom stereocenters. The van der Waals surface area contributed by atoms with Gasteiger partial charge in [0.25, 0.3) is 0 Å². The molecule has 1 N–H and O–H groups in total. The second-order valence-corrected chi connectivity index (χ2v) is 6.71. The number of hydrogen-bond acceptors (Lipinski definition) is 4. The number of rotatable bonds is 5. The van der Waals surface area contributed by atoms with Crippen molar-refractivity contribution in [2.75, 3.05) is 0 Å². The van der Waals surface area contributed by atoms with E-state index in [1.807, 2.05) is 0 Å². The molecule has 1 amide bonds. The van der Waals surface area contributed by atoms with Crippen molar-refractivity contribution in [1.29, 1.82) is 0 Å². The molecule has 0 radical (unpaired) electrons. The van der Waals surface area contributed by atoms with Crippen molar-refractivity contribution in [1.82, 2.24) is 20.1 Å². The number of aromatic nitrogens is 3. The van der Waals surface area contributed by atoms with E-state index in [4.69, 9.17) is 0 Å². The Morgan fingerprint density at radius 3 is 2.32 bits per heavy atom. The van der Waals surface area contributed by atoms with Crippen molar-refractivity contribution in [3.05, 3.63) is 41.5 Å². The van der Waals surface area contributed by atoms with Crippen molar-refractivity contribution >= 4 is 17.7 Å². The van der Waals surface area contributed by atoms with Crippen LogP contribution >= 0.6 is 11.8 Å². The lowest BCUT2D eigenvalue weighted by atomic mass is 10.1. The minimum Gasteiger partial charge on any atom is -0.349 e. The van der Waals surface area contributed by atoms with Crippen LogP contribution in [0, 0.1) is 5.82 Å². The first-order valence-corrected chi connectivity index (χ1v) is 8.16. The third-order valence-corrected chi connectivity index (χ3v) is 4.60. The Hall–Kier alpha value is -2.10. The van der Waals surface area contributed by atoms with E-state index in [0.29, 0.717) is 5.56 Å². The molecule has 0 saturated carbocycles. The first-order chi connectivity index (χ1) is 11.6. The first kappa shape index (κ1) is 19.2. The van der Waals surface area contributed by atoms with E-state index in [1.54, 1.807) is 26.0 Å². The number of carbonyl (C=O) groups is 1. The van der Waals surface area contributed by atoms with Crippen LogP contribution in [0.2, 0.25) is 0 Å². The van der Waals surface area contributed by atoms with Crippen LogP contribution in [0.15, 0.2) is 29.4 Å². The molecule has 0 bridgehead atoms. The predicted octanol–water partition coefficient (Wildman–Crippen LogP) is 3.33. The van der Waals surface area contributed by atoms with Crippen LogP contribution in [0.5, 0.6) is 0 Å². The average Bonchev–Trinajstić information content (AvgIpc) is 2.88. The molecule has 0 aliphatic carbocycles. The van der Waals surface area contributed by atoms with Crippen molar-refractivity contribution in [2.45, 2.75) is 36.5 Å². The molecule has 25 heavy (non-hydrogen) atoms. The Labute approximate surface area is 145 Å². The summed E-state index contributed by atoms with van der Waals surface area (Å²) in [6.45, 7) is 3.28. The Bertz CT molecular complexity index is 745. The van der Waals surface area contributed by atoms with E-state index < -0.39 is 17.3 Å². The predicted molar refractivity (Wildman–Crippen MR) is 84.3 cm³/mol. The smallest absolute Gasteiger partial charge is 0.349 e. The molecule has 0 aliphatic rings. The molecule has 0 aliphatic heterocycles. The zero-order chi connectivity index (χ0) is 18.8. The maximum atomic E-state index is 12.9. The topological polar surface area (TPSA) is 59.8 Å². The van der Waals surface area contributed by atoms with Gasteiger partial charge in [0.15, 0.2) is 5.16 Å². The summed E-state index contributed by atoms with van der Waals surface area (Å²) in [7, 11) is 1.19. The highest BCUT2D eigenvalue weighted by atomic mass is 32.2. The summed E-state index contributed by atoms with van der Waals surface area (Å²) in [5, 5.41) is 8.63. The average molecular weight is 376 g/mol. The molecule has 0 unspecified atom stereocenters. The van der Waals surface area contributed by atoms with Gasteiger partial charge in [-0.1, -0.05) is 23.9 Å². The lowest BCUT2D eigenvalue weighted by Gasteiger charge is -2.17. The number of carbonyl (C=O) groups excluding carboxylic acids is 1. The van der Waals surface area contributed by atoms with Crippen LogP contribution in [0.1, 0.15) is 31.3 Å². The zero-order valence-electron chi connectivity index (χ0n) is 13.6. The number of halogens is 4. The molecule has 1 aromatic heterocycles. The van der Waals surface area contributed by atoms with Gasteiger partial charge in [-0.15, -0.1) is 10.2 Å². The molecule has 1 heterocycles. The van der Waals surface area contributed by atoms with Crippen LogP contribution in [0.4, 0.5) is 17.6 Å². The van der Waals surface area contributed by atoms with Gasteiger partial charge in [0.05, 0.1) is 11.3 Å². The maximum absolute atomic E-state index is 12.9. The van der Waals surface area contributed by atoms with E-state index in [0.717, 1.165) is 16.3 Å². The molecule has 5 nitrogen and oxygen atoms in total. The summed E-state index contributed by atoms with van der Waals surface area (Å²) in [4.78, 5) is 12.2. The van der Waals surface area contributed by atoms with E-state index in [2.05, 4.69) is 15.5 Å². The SMILES string of the molecule is C[C@@H](Sc1nnc(C(F)(F)F)n1C)C(=O)N[C@H](C)c1ccc(F)cc1. The van der Waals surface area contributed by atoms with Crippen LogP contribution in [0.25, 0.3) is 0 Å². The summed E-state index contributed by atoms with van der Waals surface area (Å²) in [5.41, 5.74) is 0.713. The highest BCUT2D eigenvalue weighted by Crippen LogP contribution is 2.30. The highest BCUT2D eigenvalue weighted by Gasteiger charge is 2.38. The van der Waals surface area contributed by atoms with Gasteiger partial charge in [-0.25, -0.2) is 4.39 Å². The van der Waals surface area contributed by atoms with Gasteiger partial charge in [-0.2, -0.15) is 13.2 Å². The molecule has 1 aromatic carbocycles. The van der Waals surface area contributed by atoms with Crippen molar-refractivity contribution in [2.24, 2.45) is 7.05 Å². The van der Waals surface area contributed by atoms with Crippen LogP contribution in [-0.2, 0) is 18.0 Å². The van der Waals surface area contributed by atoms with Crippen molar-refractivity contribution < 1.29 is 22.4 Å². The lowest BCUT2D eigenvalue weighted by Crippen LogP contribution is -2.33. The maximum Gasteiger partial charge on any atom is 0.451 e. The second kappa shape index (κ2) is 7.42. The summed E-state index contributed by atoms with van der Waals surface area (Å²) in [6.07, 6.45) is -4.61. The molecule has 10 heteroatoms. The number of nitrogens with zero attached hydrogens (tertiary/aromatic N) is 3. The number of alkyl halides is 3. The molecular weight excluding hydrogens is 360 g/mol. The van der Waals surface area contributed by atoms with Crippen LogP contribution in [-0.4, -0.2) is 25.9 Å². The number of nitrogens with one attached hydrogen (secondary N) is 1. The fourth-order valence-electron chi connectivity index (χ4n) is 2.04. The van der Waals surface area contributed by atoms with E-state index in [1.165, 1.54) is 19.2 Å². The molecule has 136 valence electrons. The second-order valence-electron chi connectivity index (χ2n) is 5.40. The molecule has 0 saturated heterocycles. The van der Waals surface area contributed by atoms with E-state index in [9.17, 15) is 22.4 Å². The normalized spacial score (nSPS) is 14.2. The van der Waals surface area contributed by atoms with Crippen LogP contribution < -0.4 is 5.32 Å². The molecule has 0 spiro atoms. The summed E-state index contributed by atoms with van der Waals surface area (Å²) in [6, 6.07) is 5.30. The number of hydrogen-bond donors (Lipinski definition) is 1. The third kappa shape index (κ3) is 4.71. The fraction of sp³-hybridized carbons (Fsp3) is 0.400. The highest BCUT2D eigenvalue weighted by molar-refractivity contribution is 8.00. The summed E-state index contributed by atoms with van der Waals surface area (Å²) in [5.74, 6) is -1.88. The van der Waals surface area contributed by atoms with Crippen molar-refractivity contribution in [3.8, 4) is 0 Å². The largest absolute Gasteiger partial charge is 0.451 e. The quantitative estimate of drug-likeness (QED) is 0.642. The number of amides is 1. The Balaban J connectivity index is 2.01. The fourth-order valence-corrected chi connectivity index (χ4v) is 2.87. The molecule has 2 rings (SSSR count). The Kier molecular flexibility index (Phi) is 5.71. The summed E-state index contributed by atoms with van der Waals surface area (Å²) >= 11 is 0.872. The molecule has 0 fully saturated rings. The van der Waals surface area contributed by atoms with Gasteiger partial charge in [-0.05, 0) is 31.5 Å². The third-order valence-electron chi connectivity index (χ3n) is 3.47. The minimum absolute atomic E-state index is 0.00981. The van der Waals surface area contributed by atoms with Gasteiger partial charge >= 0.3 is 6.18 Å². The van der Waals surface area contributed by atoms with E-state index >= 15 is 0 Å². The van der Waals surface area contributed by atoms with Gasteiger partial charge in [-0.3, -0.25) is 4.79 Å². The van der Waals surface area contributed by atoms with Gasteiger partial charge in [0.2, 0.25) is 11.7 Å². The molecular formula is C15H16F4N4OS. The Morgan fingerprint density at radius 2 is 1.80 bits per heavy atom. The molecule has 2 aromatic rings. The monoisotopic (exact) mass is 376 g/mol. The lowest BCUT2D eigenvalue weighted by molar-refractivity contribution is -0.147. The minimum atomic E-state index is -4.61. The summed E-state index contributed by atoms with van der Waals surface area (Å²) < 4.78 is 51.8. The van der Waals surface area contributed by atoms with Crippen LogP contribution in [0.3, 0.4) is 0 Å². The van der Waals surface area contributed by atoms with Crippen molar-refractivity contribution in [3.63, 3.8) is 0 Å². The van der Waals surface area contributed by atoms with Gasteiger partial charge < -0.3 is 9.88 Å².